The number of benzene rings is 2. The van der Waals surface area contributed by atoms with Gasteiger partial charge in [-0.25, -0.2) is 0 Å². The molecule has 2 N–H and O–H groups in total. The zero-order valence-corrected chi connectivity index (χ0v) is 15.8. The summed E-state index contributed by atoms with van der Waals surface area (Å²) >= 11 is 7.16. The Bertz CT molecular complexity index is 942. The van der Waals surface area contributed by atoms with Crippen molar-refractivity contribution >= 4 is 35.2 Å². The Labute approximate surface area is 164 Å². The van der Waals surface area contributed by atoms with Crippen molar-refractivity contribution in [2.24, 2.45) is 0 Å². The molecule has 27 heavy (non-hydrogen) atoms. The fraction of sp³-hybridized carbons (Fsp3) is 0.111. The summed E-state index contributed by atoms with van der Waals surface area (Å²) in [6.07, 6.45) is 0. The summed E-state index contributed by atoms with van der Waals surface area (Å²) in [5.74, 6) is 0.338. The standard InChI is InChI=1S/C18H15ClN4O3S/c1-11-20-18(26-23-11)13-4-2-12(3-5-13)17(25)22-21-16(24)10-27-15-8-6-14(19)7-9-15/h2-9H,10H2,1H3,(H,21,24)(H,22,25). The average molecular weight is 403 g/mol. The van der Waals surface area contributed by atoms with Crippen molar-refractivity contribution in [2.75, 3.05) is 5.75 Å². The minimum atomic E-state index is -0.423. The Hall–Kier alpha value is -2.84. The summed E-state index contributed by atoms with van der Waals surface area (Å²) in [4.78, 5) is 29.0. The number of hydrogen-bond donors (Lipinski definition) is 2. The van der Waals surface area contributed by atoms with Crippen LogP contribution in [0.1, 0.15) is 16.2 Å². The lowest BCUT2D eigenvalue weighted by molar-refractivity contribution is -0.119. The SMILES string of the molecule is Cc1noc(-c2ccc(C(=O)NNC(=O)CSc3ccc(Cl)cc3)cc2)n1. The van der Waals surface area contributed by atoms with Crippen molar-refractivity contribution in [1.29, 1.82) is 0 Å². The number of amides is 2. The van der Waals surface area contributed by atoms with Crippen LogP contribution in [0.3, 0.4) is 0 Å². The lowest BCUT2D eigenvalue weighted by atomic mass is 10.1. The van der Waals surface area contributed by atoms with E-state index >= 15 is 0 Å². The number of thioether (sulfide) groups is 1. The molecular weight excluding hydrogens is 388 g/mol. The Morgan fingerprint density at radius 3 is 2.41 bits per heavy atom. The summed E-state index contributed by atoms with van der Waals surface area (Å²) in [6, 6.07) is 13.8. The first kappa shape index (κ1) is 18.9. The molecule has 0 saturated heterocycles. The summed E-state index contributed by atoms with van der Waals surface area (Å²) in [7, 11) is 0. The van der Waals surface area contributed by atoms with E-state index in [1.165, 1.54) is 11.8 Å². The van der Waals surface area contributed by atoms with Gasteiger partial charge in [-0.15, -0.1) is 11.8 Å². The maximum atomic E-state index is 12.1. The highest BCUT2D eigenvalue weighted by Crippen LogP contribution is 2.20. The van der Waals surface area contributed by atoms with E-state index in [0.29, 0.717) is 27.9 Å². The van der Waals surface area contributed by atoms with Crippen molar-refractivity contribution in [2.45, 2.75) is 11.8 Å². The maximum Gasteiger partial charge on any atom is 0.269 e. The number of nitrogens with one attached hydrogen (secondary N) is 2. The molecule has 1 heterocycles. The van der Waals surface area contributed by atoms with Crippen molar-refractivity contribution in [3.63, 3.8) is 0 Å². The smallest absolute Gasteiger partial charge is 0.269 e. The zero-order chi connectivity index (χ0) is 19.2. The van der Waals surface area contributed by atoms with Crippen LogP contribution in [-0.4, -0.2) is 27.7 Å². The molecule has 2 aromatic carbocycles. The molecule has 0 unspecified atom stereocenters. The van der Waals surface area contributed by atoms with E-state index in [1.54, 1.807) is 43.3 Å². The minimum absolute atomic E-state index is 0.164. The number of nitrogens with zero attached hydrogens (tertiary/aromatic N) is 2. The van der Waals surface area contributed by atoms with E-state index in [0.717, 1.165) is 4.90 Å². The predicted molar refractivity (Wildman–Crippen MR) is 102 cm³/mol. The van der Waals surface area contributed by atoms with Crippen LogP contribution in [0.15, 0.2) is 57.9 Å². The van der Waals surface area contributed by atoms with Crippen LogP contribution in [0.5, 0.6) is 0 Å². The van der Waals surface area contributed by atoms with E-state index in [1.807, 2.05) is 12.1 Å². The lowest BCUT2D eigenvalue weighted by Gasteiger charge is -2.07. The van der Waals surface area contributed by atoms with Gasteiger partial charge in [-0.2, -0.15) is 4.98 Å². The molecule has 7 nitrogen and oxygen atoms in total. The third-order valence-electron chi connectivity index (χ3n) is 3.42. The Morgan fingerprint density at radius 2 is 1.78 bits per heavy atom. The van der Waals surface area contributed by atoms with Gasteiger partial charge in [0, 0.05) is 21.0 Å². The van der Waals surface area contributed by atoms with E-state index in [2.05, 4.69) is 21.0 Å². The summed E-state index contributed by atoms with van der Waals surface area (Å²) in [5, 5.41) is 4.36. The third-order valence-corrected chi connectivity index (χ3v) is 4.68. The van der Waals surface area contributed by atoms with Gasteiger partial charge in [0.15, 0.2) is 5.82 Å². The van der Waals surface area contributed by atoms with E-state index in [9.17, 15) is 9.59 Å². The van der Waals surface area contributed by atoms with Crippen LogP contribution in [0.25, 0.3) is 11.5 Å². The van der Waals surface area contributed by atoms with Crippen LogP contribution in [0.4, 0.5) is 0 Å². The van der Waals surface area contributed by atoms with Crippen LogP contribution in [-0.2, 0) is 4.79 Å². The lowest BCUT2D eigenvalue weighted by Crippen LogP contribution is -2.42. The third kappa shape index (κ3) is 5.32. The molecule has 3 aromatic rings. The molecule has 3 rings (SSSR count). The van der Waals surface area contributed by atoms with Gasteiger partial charge in [0.25, 0.3) is 11.8 Å². The molecule has 138 valence electrons. The van der Waals surface area contributed by atoms with Gasteiger partial charge >= 0.3 is 0 Å². The first-order valence-electron chi connectivity index (χ1n) is 7.89. The Kier molecular flexibility index (Phi) is 6.10. The van der Waals surface area contributed by atoms with Crippen molar-refractivity contribution in [3.05, 3.63) is 64.9 Å². The monoisotopic (exact) mass is 402 g/mol. The number of hydrazine groups is 1. The second-order valence-electron chi connectivity index (χ2n) is 5.47. The molecule has 2 amide bonds. The number of carbonyl (C=O) groups is 2. The molecule has 0 atom stereocenters. The van der Waals surface area contributed by atoms with E-state index in [4.69, 9.17) is 16.1 Å². The quantitative estimate of drug-likeness (QED) is 0.502. The molecule has 0 aliphatic carbocycles. The highest BCUT2D eigenvalue weighted by molar-refractivity contribution is 8.00. The van der Waals surface area contributed by atoms with Crippen LogP contribution >= 0.6 is 23.4 Å². The highest BCUT2D eigenvalue weighted by atomic mass is 35.5. The first-order chi connectivity index (χ1) is 13.0. The van der Waals surface area contributed by atoms with Crippen LogP contribution in [0, 0.1) is 6.92 Å². The molecule has 0 radical (unpaired) electrons. The average Bonchev–Trinajstić information content (AvgIpc) is 3.12. The predicted octanol–water partition coefficient (Wildman–Crippen LogP) is 3.25. The van der Waals surface area contributed by atoms with Gasteiger partial charge in [-0.3, -0.25) is 20.4 Å². The van der Waals surface area contributed by atoms with Crippen LogP contribution < -0.4 is 10.9 Å². The molecule has 0 aliphatic heterocycles. The van der Waals surface area contributed by atoms with Crippen LogP contribution in [0.2, 0.25) is 5.02 Å². The normalized spacial score (nSPS) is 10.4. The molecule has 1 aromatic heterocycles. The largest absolute Gasteiger partial charge is 0.334 e. The fourth-order valence-electron chi connectivity index (χ4n) is 2.09. The number of halogens is 1. The van der Waals surface area contributed by atoms with E-state index < -0.39 is 5.91 Å². The van der Waals surface area contributed by atoms with Crippen molar-refractivity contribution in [1.82, 2.24) is 21.0 Å². The van der Waals surface area contributed by atoms with Gasteiger partial charge in [-0.1, -0.05) is 16.8 Å². The summed E-state index contributed by atoms with van der Waals surface area (Å²) in [6.45, 7) is 1.72. The number of carbonyl (C=O) groups excluding carboxylic acids is 2. The number of hydrogen-bond acceptors (Lipinski definition) is 6. The number of rotatable bonds is 5. The molecule has 0 aliphatic rings. The maximum absolute atomic E-state index is 12.1. The Balaban J connectivity index is 1.48. The van der Waals surface area contributed by atoms with Gasteiger partial charge in [0.2, 0.25) is 5.91 Å². The number of aromatic nitrogens is 2. The van der Waals surface area contributed by atoms with Crippen molar-refractivity contribution in [3.8, 4) is 11.5 Å². The second kappa shape index (κ2) is 8.70. The van der Waals surface area contributed by atoms with Crippen molar-refractivity contribution < 1.29 is 14.1 Å². The molecular formula is C18H15ClN4O3S. The molecule has 0 spiro atoms. The van der Waals surface area contributed by atoms with Gasteiger partial charge in [0.1, 0.15) is 0 Å². The van der Waals surface area contributed by atoms with E-state index in [-0.39, 0.29) is 11.7 Å². The molecule has 0 saturated carbocycles. The second-order valence-corrected chi connectivity index (χ2v) is 6.95. The molecule has 0 bridgehead atoms. The number of aryl methyl sites for hydroxylation is 1. The minimum Gasteiger partial charge on any atom is -0.334 e. The summed E-state index contributed by atoms with van der Waals surface area (Å²) in [5.41, 5.74) is 5.86. The summed E-state index contributed by atoms with van der Waals surface area (Å²) < 4.78 is 5.07. The fourth-order valence-corrected chi connectivity index (χ4v) is 2.92. The zero-order valence-electron chi connectivity index (χ0n) is 14.2. The first-order valence-corrected chi connectivity index (χ1v) is 9.26. The molecule has 0 fully saturated rings. The topological polar surface area (TPSA) is 97.1 Å². The Morgan fingerprint density at radius 1 is 1.07 bits per heavy atom. The van der Waals surface area contributed by atoms with Gasteiger partial charge in [-0.05, 0) is 55.5 Å². The molecule has 9 heteroatoms. The van der Waals surface area contributed by atoms with Gasteiger partial charge < -0.3 is 4.52 Å². The van der Waals surface area contributed by atoms with Gasteiger partial charge in [0.05, 0.1) is 5.75 Å². The highest BCUT2D eigenvalue weighted by Gasteiger charge is 2.10.